The van der Waals surface area contributed by atoms with Crippen molar-refractivity contribution < 1.29 is 0 Å². The van der Waals surface area contributed by atoms with E-state index in [9.17, 15) is 4.79 Å². The first-order valence-corrected chi connectivity index (χ1v) is 13.9. The van der Waals surface area contributed by atoms with E-state index < -0.39 is 0 Å². The Morgan fingerprint density at radius 2 is 1.70 bits per heavy atom. The Kier molecular flexibility index (Phi) is 8.90. The van der Waals surface area contributed by atoms with Gasteiger partial charge in [0.2, 0.25) is 0 Å². The molecule has 0 aliphatic heterocycles. The molecule has 3 N–H and O–H groups in total. The van der Waals surface area contributed by atoms with Gasteiger partial charge in [0.05, 0.1) is 5.69 Å². The SMILES string of the molecule is C=C(Nc1cccc(-c2cn(C)c(=O)c(Nc3ccc(CNCCC)cc3)n2)c1C)c1ccc(C(C)(C)C)cc1. The minimum Gasteiger partial charge on any atom is -0.355 e. The Morgan fingerprint density at radius 1 is 1.00 bits per heavy atom. The third-order valence-electron chi connectivity index (χ3n) is 7.04. The summed E-state index contributed by atoms with van der Waals surface area (Å²) in [6.07, 6.45) is 2.88. The molecule has 0 atom stereocenters. The topological polar surface area (TPSA) is 71.0 Å². The highest BCUT2D eigenvalue weighted by Gasteiger charge is 2.15. The molecular formula is C34H41N5O. The lowest BCUT2D eigenvalue weighted by Crippen LogP contribution is -2.21. The molecule has 4 aromatic rings. The van der Waals surface area contributed by atoms with Crippen LogP contribution >= 0.6 is 0 Å². The summed E-state index contributed by atoms with van der Waals surface area (Å²) in [6, 6.07) is 22.7. The van der Waals surface area contributed by atoms with Crippen LogP contribution in [0.5, 0.6) is 0 Å². The van der Waals surface area contributed by atoms with Crippen LogP contribution in [0.15, 0.2) is 84.3 Å². The molecule has 0 unspecified atom stereocenters. The molecule has 6 heteroatoms. The van der Waals surface area contributed by atoms with Gasteiger partial charge in [0.25, 0.3) is 5.56 Å². The molecule has 0 aliphatic carbocycles. The number of hydrogen-bond acceptors (Lipinski definition) is 5. The van der Waals surface area contributed by atoms with Crippen molar-refractivity contribution in [3.05, 3.63) is 112 Å². The molecule has 0 fully saturated rings. The quantitative estimate of drug-likeness (QED) is 0.185. The predicted octanol–water partition coefficient (Wildman–Crippen LogP) is 7.38. The molecule has 3 aromatic carbocycles. The molecule has 1 aromatic heterocycles. The summed E-state index contributed by atoms with van der Waals surface area (Å²) in [5.74, 6) is 0.290. The average Bonchev–Trinajstić information content (AvgIpc) is 2.93. The average molecular weight is 536 g/mol. The van der Waals surface area contributed by atoms with E-state index in [4.69, 9.17) is 4.98 Å². The number of rotatable bonds is 10. The van der Waals surface area contributed by atoms with E-state index in [-0.39, 0.29) is 16.8 Å². The fourth-order valence-corrected chi connectivity index (χ4v) is 4.52. The lowest BCUT2D eigenvalue weighted by atomic mass is 9.86. The molecule has 0 aliphatic rings. The number of nitrogens with one attached hydrogen (secondary N) is 3. The summed E-state index contributed by atoms with van der Waals surface area (Å²) >= 11 is 0. The molecule has 40 heavy (non-hydrogen) atoms. The Balaban J connectivity index is 1.56. The smallest absolute Gasteiger partial charge is 0.293 e. The van der Waals surface area contributed by atoms with E-state index in [1.165, 1.54) is 11.1 Å². The zero-order chi connectivity index (χ0) is 28.9. The molecular weight excluding hydrogens is 494 g/mol. The van der Waals surface area contributed by atoms with Gasteiger partial charge >= 0.3 is 0 Å². The van der Waals surface area contributed by atoms with E-state index in [1.54, 1.807) is 17.8 Å². The van der Waals surface area contributed by atoms with E-state index in [0.29, 0.717) is 5.69 Å². The second-order valence-electron chi connectivity index (χ2n) is 11.3. The van der Waals surface area contributed by atoms with Crippen molar-refractivity contribution in [3.8, 4) is 11.3 Å². The van der Waals surface area contributed by atoms with Crippen LogP contribution < -0.4 is 21.5 Å². The van der Waals surface area contributed by atoms with Crippen LogP contribution in [0, 0.1) is 6.92 Å². The van der Waals surface area contributed by atoms with Gasteiger partial charge in [0.15, 0.2) is 5.82 Å². The monoisotopic (exact) mass is 535 g/mol. The third-order valence-corrected chi connectivity index (χ3v) is 7.04. The minimum absolute atomic E-state index is 0.101. The molecule has 0 amide bonds. The van der Waals surface area contributed by atoms with Crippen molar-refractivity contribution in [2.24, 2.45) is 7.05 Å². The highest BCUT2D eigenvalue weighted by molar-refractivity contribution is 5.80. The standard InChI is InChI=1S/C34H41N5O/c1-8-20-35-21-25-12-18-28(19-13-25)37-32-33(40)39(7)22-31(38-32)29-10-9-11-30(23(29)2)36-24(3)26-14-16-27(17-15-26)34(4,5)6/h9-19,22,35-36H,3,8,20-21H2,1-2,4-7H3,(H,37,38). The fraction of sp³-hybridized carbons (Fsp3) is 0.294. The maximum Gasteiger partial charge on any atom is 0.293 e. The van der Waals surface area contributed by atoms with Crippen molar-refractivity contribution in [2.45, 2.75) is 53.0 Å². The van der Waals surface area contributed by atoms with E-state index >= 15 is 0 Å². The van der Waals surface area contributed by atoms with Gasteiger partial charge in [-0.3, -0.25) is 4.79 Å². The van der Waals surface area contributed by atoms with Gasteiger partial charge in [-0.25, -0.2) is 4.98 Å². The van der Waals surface area contributed by atoms with Gasteiger partial charge in [-0.15, -0.1) is 0 Å². The third kappa shape index (κ3) is 6.88. The van der Waals surface area contributed by atoms with Gasteiger partial charge in [0, 0.05) is 42.4 Å². The second kappa shape index (κ2) is 12.3. The number of hydrogen-bond donors (Lipinski definition) is 3. The van der Waals surface area contributed by atoms with Crippen molar-refractivity contribution >= 4 is 22.9 Å². The fourth-order valence-electron chi connectivity index (χ4n) is 4.52. The van der Waals surface area contributed by atoms with Crippen LogP contribution in [-0.2, 0) is 19.0 Å². The second-order valence-corrected chi connectivity index (χ2v) is 11.3. The van der Waals surface area contributed by atoms with Crippen LogP contribution in [-0.4, -0.2) is 16.1 Å². The summed E-state index contributed by atoms with van der Waals surface area (Å²) in [4.78, 5) is 17.7. The number of nitrogens with zero attached hydrogens (tertiary/aromatic N) is 2. The summed E-state index contributed by atoms with van der Waals surface area (Å²) in [5, 5.41) is 10.1. The first-order valence-electron chi connectivity index (χ1n) is 13.9. The summed E-state index contributed by atoms with van der Waals surface area (Å²) in [6.45, 7) is 16.9. The van der Waals surface area contributed by atoms with Gasteiger partial charge in [-0.1, -0.05) is 82.8 Å². The number of anilines is 3. The maximum absolute atomic E-state index is 12.9. The Bertz CT molecular complexity index is 1530. The lowest BCUT2D eigenvalue weighted by Gasteiger charge is -2.20. The van der Waals surface area contributed by atoms with Crippen LogP contribution in [0.1, 0.15) is 56.4 Å². The number of aromatic nitrogens is 2. The van der Waals surface area contributed by atoms with Gasteiger partial charge in [-0.2, -0.15) is 0 Å². The largest absolute Gasteiger partial charge is 0.355 e. The highest BCUT2D eigenvalue weighted by Crippen LogP contribution is 2.30. The van der Waals surface area contributed by atoms with Crippen molar-refractivity contribution in [3.63, 3.8) is 0 Å². The van der Waals surface area contributed by atoms with Crippen LogP contribution in [0.3, 0.4) is 0 Å². The summed E-state index contributed by atoms with van der Waals surface area (Å²) < 4.78 is 1.57. The summed E-state index contributed by atoms with van der Waals surface area (Å²) in [7, 11) is 1.75. The molecule has 0 saturated heterocycles. The maximum atomic E-state index is 12.9. The van der Waals surface area contributed by atoms with E-state index in [1.807, 2.05) is 30.3 Å². The van der Waals surface area contributed by atoms with Crippen molar-refractivity contribution in [1.29, 1.82) is 0 Å². The van der Waals surface area contributed by atoms with Gasteiger partial charge < -0.3 is 20.5 Å². The van der Waals surface area contributed by atoms with Crippen LogP contribution in [0.25, 0.3) is 17.0 Å². The predicted molar refractivity (Wildman–Crippen MR) is 169 cm³/mol. The van der Waals surface area contributed by atoms with Gasteiger partial charge in [0.1, 0.15) is 0 Å². The number of benzene rings is 3. The zero-order valence-corrected chi connectivity index (χ0v) is 24.6. The Labute approximate surface area is 238 Å². The first-order chi connectivity index (χ1) is 19.1. The van der Waals surface area contributed by atoms with Crippen LogP contribution in [0.2, 0.25) is 0 Å². The van der Waals surface area contributed by atoms with Crippen molar-refractivity contribution in [2.75, 3.05) is 17.2 Å². The van der Waals surface area contributed by atoms with E-state index in [2.05, 4.69) is 93.5 Å². The Morgan fingerprint density at radius 3 is 2.35 bits per heavy atom. The first kappa shape index (κ1) is 28.8. The van der Waals surface area contributed by atoms with Gasteiger partial charge in [-0.05, 0) is 65.8 Å². The molecule has 0 bridgehead atoms. The molecule has 4 rings (SSSR count). The molecule has 0 spiro atoms. The lowest BCUT2D eigenvalue weighted by molar-refractivity contribution is 0.590. The Hall–Kier alpha value is -4.16. The van der Waals surface area contributed by atoms with Crippen molar-refractivity contribution in [1.82, 2.24) is 14.9 Å². The minimum atomic E-state index is -0.184. The zero-order valence-electron chi connectivity index (χ0n) is 24.6. The molecule has 0 saturated carbocycles. The highest BCUT2D eigenvalue weighted by atomic mass is 16.1. The molecule has 0 radical (unpaired) electrons. The summed E-state index contributed by atoms with van der Waals surface area (Å²) in [5.41, 5.74) is 8.70. The van der Waals surface area contributed by atoms with Crippen LogP contribution in [0.4, 0.5) is 17.2 Å². The normalized spacial score (nSPS) is 11.3. The molecule has 1 heterocycles. The number of aryl methyl sites for hydroxylation is 1. The molecule has 208 valence electrons. The molecule has 6 nitrogen and oxygen atoms in total. The van der Waals surface area contributed by atoms with E-state index in [0.717, 1.165) is 53.3 Å².